The van der Waals surface area contributed by atoms with Crippen molar-refractivity contribution in [3.63, 3.8) is 0 Å². The second-order valence-electron chi connectivity index (χ2n) is 10.7. The molecule has 2 saturated heterocycles. The van der Waals surface area contributed by atoms with Crippen LogP contribution in [-0.2, 0) is 21.5 Å². The van der Waals surface area contributed by atoms with Crippen LogP contribution in [-0.4, -0.2) is 69.4 Å². The molecule has 2 aromatic carbocycles. The van der Waals surface area contributed by atoms with Gasteiger partial charge in [-0.15, -0.1) is 0 Å². The van der Waals surface area contributed by atoms with Crippen molar-refractivity contribution in [3.8, 4) is 23.0 Å². The van der Waals surface area contributed by atoms with Crippen molar-refractivity contribution in [2.24, 2.45) is 0 Å². The number of carbonyl (C=O) groups excluding carboxylic acids is 1. The fourth-order valence-corrected chi connectivity index (χ4v) is 7.47. The summed E-state index contributed by atoms with van der Waals surface area (Å²) in [6.07, 6.45) is 2.31. The van der Waals surface area contributed by atoms with Crippen molar-refractivity contribution in [2.45, 2.75) is 62.8 Å². The van der Waals surface area contributed by atoms with Gasteiger partial charge in [0.2, 0.25) is 0 Å². The molecule has 0 saturated carbocycles. The highest BCUT2D eigenvalue weighted by atomic mass is 16.5. The van der Waals surface area contributed by atoms with Crippen LogP contribution in [0.25, 0.3) is 0 Å². The molecular weight excluding hydrogens is 472 g/mol. The maximum atomic E-state index is 12.2. The molecule has 198 valence electrons. The van der Waals surface area contributed by atoms with Gasteiger partial charge in [-0.25, -0.2) is 0 Å². The van der Waals surface area contributed by atoms with Crippen molar-refractivity contribution in [3.05, 3.63) is 46.5 Å². The van der Waals surface area contributed by atoms with Crippen LogP contribution in [0.5, 0.6) is 23.0 Å². The average Bonchev–Trinajstić information content (AvgIpc) is 3.13. The van der Waals surface area contributed by atoms with E-state index in [0.717, 1.165) is 42.2 Å². The zero-order chi connectivity index (χ0) is 26.1. The van der Waals surface area contributed by atoms with Gasteiger partial charge in [0.05, 0.1) is 40.5 Å². The zero-order valence-corrected chi connectivity index (χ0v) is 22.5. The molecule has 0 amide bonds. The maximum absolute atomic E-state index is 12.2. The third kappa shape index (κ3) is 3.38. The lowest BCUT2D eigenvalue weighted by atomic mass is 9.74. The molecule has 37 heavy (non-hydrogen) atoms. The van der Waals surface area contributed by atoms with E-state index < -0.39 is 0 Å². The molecule has 4 heterocycles. The van der Waals surface area contributed by atoms with Crippen LogP contribution in [0.4, 0.5) is 0 Å². The summed E-state index contributed by atoms with van der Waals surface area (Å²) < 4.78 is 28.5. The molecule has 6 rings (SSSR count). The van der Waals surface area contributed by atoms with Crippen LogP contribution in [0.3, 0.4) is 0 Å². The molecule has 0 radical (unpaired) electrons. The Hall–Kier alpha value is -2.97. The Kier molecular flexibility index (Phi) is 5.80. The van der Waals surface area contributed by atoms with Crippen molar-refractivity contribution in [1.82, 2.24) is 9.80 Å². The van der Waals surface area contributed by atoms with Crippen LogP contribution in [0.1, 0.15) is 61.0 Å². The van der Waals surface area contributed by atoms with Crippen LogP contribution in [0.2, 0.25) is 0 Å². The van der Waals surface area contributed by atoms with E-state index in [4.69, 9.17) is 23.7 Å². The molecule has 0 bridgehead atoms. The quantitative estimate of drug-likeness (QED) is 0.520. The Balaban J connectivity index is 1.47. The van der Waals surface area contributed by atoms with Crippen LogP contribution >= 0.6 is 0 Å². The summed E-state index contributed by atoms with van der Waals surface area (Å²) >= 11 is 0. The van der Waals surface area contributed by atoms with E-state index in [2.05, 4.69) is 41.0 Å². The van der Waals surface area contributed by atoms with Gasteiger partial charge in [0, 0.05) is 30.6 Å². The highest BCUT2D eigenvalue weighted by molar-refractivity contribution is 5.69. The van der Waals surface area contributed by atoms with Gasteiger partial charge >= 0.3 is 5.97 Å². The molecule has 0 spiro atoms. The normalized spacial score (nSPS) is 29.2. The summed E-state index contributed by atoms with van der Waals surface area (Å²) in [5, 5.41) is 0. The molecule has 2 fully saturated rings. The van der Waals surface area contributed by atoms with Crippen molar-refractivity contribution in [2.75, 3.05) is 41.6 Å². The Labute approximate surface area is 218 Å². The number of rotatable bonds is 7. The molecule has 8 heteroatoms. The number of nitrogens with zero attached hydrogens (tertiary/aromatic N) is 2. The number of hydrogen-bond acceptors (Lipinski definition) is 8. The number of benzene rings is 2. The predicted octanol–water partition coefficient (Wildman–Crippen LogP) is 4.00. The molecule has 4 aliphatic rings. The first kappa shape index (κ1) is 24.4. The second kappa shape index (κ2) is 8.81. The lowest BCUT2D eigenvalue weighted by molar-refractivity contribution is -0.170. The summed E-state index contributed by atoms with van der Waals surface area (Å²) in [7, 11) is 6.72. The van der Waals surface area contributed by atoms with E-state index in [1.165, 1.54) is 16.7 Å². The molecule has 4 aliphatic heterocycles. The first-order valence-electron chi connectivity index (χ1n) is 13.1. The zero-order valence-electron chi connectivity index (χ0n) is 22.5. The van der Waals surface area contributed by atoms with Crippen LogP contribution in [0.15, 0.2) is 24.3 Å². The van der Waals surface area contributed by atoms with Gasteiger partial charge in [0.1, 0.15) is 6.61 Å². The van der Waals surface area contributed by atoms with E-state index in [-0.39, 0.29) is 29.6 Å². The fraction of sp³-hybridized carbons (Fsp3) is 0.552. The van der Waals surface area contributed by atoms with Crippen molar-refractivity contribution < 1.29 is 28.5 Å². The number of ether oxygens (including phenoxy) is 5. The molecule has 0 aliphatic carbocycles. The van der Waals surface area contributed by atoms with Gasteiger partial charge in [-0.2, -0.15) is 0 Å². The van der Waals surface area contributed by atoms with E-state index >= 15 is 0 Å². The van der Waals surface area contributed by atoms with E-state index in [1.54, 1.807) is 28.4 Å². The highest BCUT2D eigenvalue weighted by Crippen LogP contribution is 2.63. The summed E-state index contributed by atoms with van der Waals surface area (Å²) in [4.78, 5) is 17.5. The van der Waals surface area contributed by atoms with E-state index in [0.29, 0.717) is 24.8 Å². The molecule has 0 N–H and O–H groups in total. The highest BCUT2D eigenvalue weighted by Gasteiger charge is 2.64. The number of esters is 1. The number of methoxy groups -OCH3 is 4. The maximum Gasteiger partial charge on any atom is 0.305 e. The summed E-state index contributed by atoms with van der Waals surface area (Å²) in [6.45, 7) is 5.44. The Morgan fingerprint density at radius 3 is 2.22 bits per heavy atom. The number of piperazine rings is 1. The minimum atomic E-state index is -0.179. The Morgan fingerprint density at radius 1 is 0.946 bits per heavy atom. The number of carbonyl (C=O) groups is 1. The predicted molar refractivity (Wildman–Crippen MR) is 138 cm³/mol. The van der Waals surface area contributed by atoms with E-state index in [1.807, 2.05) is 6.92 Å². The SMILES string of the molecule is CCC(=O)OCC1c2cc(OC)c(OC)cc2CC2C3c4cc(OC)c(OC)cc4C4(C)CC(CN12)N34. The Morgan fingerprint density at radius 2 is 1.57 bits per heavy atom. The first-order chi connectivity index (χ1) is 17.9. The largest absolute Gasteiger partial charge is 0.493 e. The molecule has 5 unspecified atom stereocenters. The van der Waals surface area contributed by atoms with Gasteiger partial charge in [0.25, 0.3) is 0 Å². The fourth-order valence-electron chi connectivity index (χ4n) is 7.47. The van der Waals surface area contributed by atoms with Crippen LogP contribution < -0.4 is 18.9 Å². The van der Waals surface area contributed by atoms with Gasteiger partial charge in [-0.05, 0) is 66.3 Å². The molecule has 2 aromatic rings. The van der Waals surface area contributed by atoms with Gasteiger partial charge in [-0.3, -0.25) is 14.6 Å². The smallest absolute Gasteiger partial charge is 0.305 e. The topological polar surface area (TPSA) is 69.7 Å². The molecule has 0 aromatic heterocycles. The second-order valence-corrected chi connectivity index (χ2v) is 10.7. The minimum Gasteiger partial charge on any atom is -0.493 e. The lowest BCUT2D eigenvalue weighted by Gasteiger charge is -2.64. The summed E-state index contributed by atoms with van der Waals surface area (Å²) in [5.74, 6) is 2.78. The van der Waals surface area contributed by atoms with Crippen molar-refractivity contribution >= 4 is 5.97 Å². The standard InChI is InChI=1S/C29H36N2O6/c1-7-27(32)37-15-22-18-10-24(34-4)23(33-3)9-16(18)8-21-28-19-11-25(35-5)26(36-6)12-20(19)29(2)13-17(31(28)29)14-30(21)22/h9-12,17,21-22,28H,7-8,13-15H2,1-6H3. The van der Waals surface area contributed by atoms with Crippen LogP contribution in [0, 0.1) is 0 Å². The number of fused-ring (bicyclic) bond motifs is 6. The van der Waals surface area contributed by atoms with Gasteiger partial charge in [0.15, 0.2) is 23.0 Å². The van der Waals surface area contributed by atoms with E-state index in [9.17, 15) is 4.79 Å². The van der Waals surface area contributed by atoms with Gasteiger partial charge < -0.3 is 23.7 Å². The molecule has 8 nitrogen and oxygen atoms in total. The number of hydrogen-bond donors (Lipinski definition) is 0. The first-order valence-corrected chi connectivity index (χ1v) is 13.1. The minimum absolute atomic E-state index is 0.0155. The van der Waals surface area contributed by atoms with Crippen molar-refractivity contribution in [1.29, 1.82) is 0 Å². The van der Waals surface area contributed by atoms with Gasteiger partial charge in [-0.1, -0.05) is 6.92 Å². The lowest BCUT2D eigenvalue weighted by Crippen LogP contribution is -2.71. The third-order valence-corrected chi connectivity index (χ3v) is 9.09. The summed E-state index contributed by atoms with van der Waals surface area (Å²) in [6, 6.07) is 9.33. The summed E-state index contributed by atoms with van der Waals surface area (Å²) in [5.41, 5.74) is 4.99. The molecule has 5 atom stereocenters. The average molecular weight is 509 g/mol. The molecular formula is C29H36N2O6. The Bertz CT molecular complexity index is 1250. The monoisotopic (exact) mass is 508 g/mol. The third-order valence-electron chi connectivity index (χ3n) is 9.09.